The van der Waals surface area contributed by atoms with Crippen LogP contribution in [0.2, 0.25) is 0 Å². The van der Waals surface area contributed by atoms with E-state index in [4.69, 9.17) is 4.74 Å². The molecule has 1 amide bonds. The van der Waals surface area contributed by atoms with Gasteiger partial charge in [-0.2, -0.15) is 0 Å². The number of hydrogen-bond acceptors (Lipinski definition) is 5. The summed E-state index contributed by atoms with van der Waals surface area (Å²) in [4.78, 5) is 21.0. The summed E-state index contributed by atoms with van der Waals surface area (Å²) in [5.41, 5.74) is 3.04. The minimum Gasteiger partial charge on any atom is -0.378 e. The fraction of sp³-hybridized carbons (Fsp3) is 0.500. The number of rotatable bonds is 6. The molecule has 1 aromatic heterocycles. The van der Waals surface area contributed by atoms with Crippen molar-refractivity contribution in [1.82, 2.24) is 15.2 Å². The van der Waals surface area contributed by atoms with Crippen LogP contribution in [0.3, 0.4) is 0 Å². The van der Waals surface area contributed by atoms with Crippen molar-refractivity contribution in [3.63, 3.8) is 0 Å². The highest BCUT2D eigenvalue weighted by atomic mass is 16.5. The number of carbonyl (C=O) groups excluding carboxylic acids is 1. The molecule has 0 bridgehead atoms. The van der Waals surface area contributed by atoms with Crippen molar-refractivity contribution in [2.75, 3.05) is 38.6 Å². The molecular weight excluding hydrogens is 376 g/mol. The first-order chi connectivity index (χ1) is 14.5. The number of piperidine rings is 1. The molecule has 2 aromatic rings. The Bertz CT molecular complexity index is 830. The Balaban J connectivity index is 1.22. The van der Waals surface area contributed by atoms with E-state index in [0.29, 0.717) is 12.2 Å². The van der Waals surface area contributed by atoms with E-state index in [1.165, 1.54) is 11.3 Å². The lowest BCUT2D eigenvalue weighted by Gasteiger charge is -2.39. The van der Waals surface area contributed by atoms with Gasteiger partial charge in [0.15, 0.2) is 0 Å². The Labute approximate surface area is 179 Å². The van der Waals surface area contributed by atoms with Gasteiger partial charge in [-0.25, -0.2) is 0 Å². The first-order valence-corrected chi connectivity index (χ1v) is 10.9. The van der Waals surface area contributed by atoms with Crippen molar-refractivity contribution in [2.24, 2.45) is 0 Å². The maximum absolute atomic E-state index is 12.2. The summed E-state index contributed by atoms with van der Waals surface area (Å²) in [6.45, 7) is 3.66. The Morgan fingerprint density at radius 3 is 2.60 bits per heavy atom. The first kappa shape index (κ1) is 20.8. The lowest BCUT2D eigenvalue weighted by Crippen LogP contribution is -2.44. The second-order valence-electron chi connectivity index (χ2n) is 8.72. The number of likely N-dealkylation sites (tertiary alicyclic amines) is 1. The van der Waals surface area contributed by atoms with Gasteiger partial charge in [0, 0.05) is 52.2 Å². The van der Waals surface area contributed by atoms with E-state index in [1.807, 2.05) is 12.1 Å². The van der Waals surface area contributed by atoms with Gasteiger partial charge in [-0.05, 0) is 55.5 Å². The van der Waals surface area contributed by atoms with Crippen molar-refractivity contribution in [3.05, 3.63) is 59.9 Å². The van der Waals surface area contributed by atoms with Crippen LogP contribution < -0.4 is 10.2 Å². The Morgan fingerprint density at radius 1 is 1.17 bits per heavy atom. The Morgan fingerprint density at radius 2 is 1.93 bits per heavy atom. The van der Waals surface area contributed by atoms with E-state index >= 15 is 0 Å². The van der Waals surface area contributed by atoms with Crippen molar-refractivity contribution < 1.29 is 9.53 Å². The Hall–Kier alpha value is -2.44. The van der Waals surface area contributed by atoms with E-state index in [9.17, 15) is 4.79 Å². The van der Waals surface area contributed by atoms with Gasteiger partial charge in [0.1, 0.15) is 5.69 Å². The molecule has 4 rings (SSSR count). The van der Waals surface area contributed by atoms with Crippen molar-refractivity contribution in [3.8, 4) is 0 Å². The number of aromatic nitrogens is 1. The SMILES string of the molecule is CN(C)c1ccc(CN2CCC3(CCC(CNC(=O)c4ccccn4)O3)CC2)cc1. The summed E-state index contributed by atoms with van der Waals surface area (Å²) in [5, 5.41) is 2.98. The summed E-state index contributed by atoms with van der Waals surface area (Å²) in [6, 6.07) is 14.2. The molecular formula is C24H32N4O2. The molecule has 0 radical (unpaired) electrons. The highest BCUT2D eigenvalue weighted by Crippen LogP contribution is 2.39. The molecule has 6 nitrogen and oxygen atoms in total. The lowest BCUT2D eigenvalue weighted by atomic mass is 9.88. The topological polar surface area (TPSA) is 57.7 Å². The zero-order valence-electron chi connectivity index (χ0n) is 18.0. The third-order valence-electron chi connectivity index (χ3n) is 6.35. The number of benzene rings is 1. The molecule has 2 aliphatic heterocycles. The molecule has 160 valence electrons. The molecule has 1 N–H and O–H groups in total. The van der Waals surface area contributed by atoms with Crippen LogP contribution in [-0.4, -0.2) is 61.2 Å². The number of anilines is 1. The summed E-state index contributed by atoms with van der Waals surface area (Å²) in [7, 11) is 4.13. The summed E-state index contributed by atoms with van der Waals surface area (Å²) in [6.07, 6.45) is 5.96. The van der Waals surface area contributed by atoms with Crippen LogP contribution in [-0.2, 0) is 11.3 Å². The van der Waals surface area contributed by atoms with Gasteiger partial charge in [-0.3, -0.25) is 14.7 Å². The van der Waals surface area contributed by atoms with Gasteiger partial charge in [0.25, 0.3) is 5.91 Å². The molecule has 0 saturated carbocycles. The van der Waals surface area contributed by atoms with Crippen LogP contribution in [0.25, 0.3) is 0 Å². The average molecular weight is 409 g/mol. The smallest absolute Gasteiger partial charge is 0.269 e. The zero-order chi connectivity index (χ0) is 21.0. The predicted octanol–water partition coefficient (Wildman–Crippen LogP) is 3.09. The van der Waals surface area contributed by atoms with Crippen LogP contribution in [0.1, 0.15) is 41.7 Å². The van der Waals surface area contributed by atoms with E-state index in [-0.39, 0.29) is 17.6 Å². The second kappa shape index (κ2) is 9.14. The molecule has 1 spiro atoms. The van der Waals surface area contributed by atoms with Gasteiger partial charge in [0.05, 0.1) is 11.7 Å². The van der Waals surface area contributed by atoms with Gasteiger partial charge < -0.3 is 15.0 Å². The van der Waals surface area contributed by atoms with Crippen LogP contribution >= 0.6 is 0 Å². The monoisotopic (exact) mass is 408 g/mol. The highest BCUT2D eigenvalue weighted by molar-refractivity contribution is 5.92. The van der Waals surface area contributed by atoms with E-state index in [0.717, 1.165) is 45.3 Å². The second-order valence-corrected chi connectivity index (χ2v) is 8.72. The number of ether oxygens (including phenoxy) is 1. The quantitative estimate of drug-likeness (QED) is 0.796. The van der Waals surface area contributed by atoms with Crippen LogP contribution in [0.15, 0.2) is 48.7 Å². The number of amides is 1. The summed E-state index contributed by atoms with van der Waals surface area (Å²) in [5.74, 6) is -0.129. The lowest BCUT2D eigenvalue weighted by molar-refractivity contribution is -0.0764. The minimum atomic E-state index is -0.129. The molecule has 2 saturated heterocycles. The number of hydrogen-bond donors (Lipinski definition) is 1. The summed E-state index contributed by atoms with van der Waals surface area (Å²) < 4.78 is 6.45. The molecule has 1 unspecified atom stereocenters. The maximum atomic E-state index is 12.2. The maximum Gasteiger partial charge on any atom is 0.269 e. The molecule has 1 aromatic carbocycles. The predicted molar refractivity (Wildman–Crippen MR) is 119 cm³/mol. The van der Waals surface area contributed by atoms with Crippen LogP contribution in [0, 0.1) is 0 Å². The number of pyridine rings is 1. The third-order valence-corrected chi connectivity index (χ3v) is 6.35. The van der Waals surface area contributed by atoms with Gasteiger partial charge in [-0.15, -0.1) is 0 Å². The van der Waals surface area contributed by atoms with Crippen LogP contribution in [0.5, 0.6) is 0 Å². The van der Waals surface area contributed by atoms with E-state index in [1.54, 1.807) is 12.3 Å². The van der Waals surface area contributed by atoms with E-state index < -0.39 is 0 Å². The van der Waals surface area contributed by atoms with E-state index in [2.05, 4.69) is 58.5 Å². The molecule has 1 atom stereocenters. The standard InChI is InChI=1S/C24H32N4O2/c1-27(2)20-8-6-19(7-9-20)18-28-15-12-24(13-16-28)11-10-21(30-24)17-26-23(29)22-5-3-4-14-25-22/h3-9,14,21H,10-13,15-18H2,1-2H3,(H,26,29). The average Bonchev–Trinajstić information content (AvgIpc) is 3.17. The molecule has 30 heavy (non-hydrogen) atoms. The summed E-state index contributed by atoms with van der Waals surface area (Å²) >= 11 is 0. The zero-order valence-corrected chi connectivity index (χ0v) is 18.0. The van der Waals surface area contributed by atoms with Gasteiger partial charge in [-0.1, -0.05) is 18.2 Å². The molecule has 2 aliphatic rings. The molecule has 0 aliphatic carbocycles. The number of nitrogens with one attached hydrogen (secondary N) is 1. The van der Waals surface area contributed by atoms with Crippen molar-refractivity contribution >= 4 is 11.6 Å². The minimum absolute atomic E-state index is 0.00826. The number of carbonyl (C=O) groups is 1. The first-order valence-electron chi connectivity index (χ1n) is 10.9. The normalized spacial score (nSPS) is 20.9. The molecule has 6 heteroatoms. The fourth-order valence-corrected chi connectivity index (χ4v) is 4.48. The number of nitrogens with zero attached hydrogens (tertiary/aromatic N) is 3. The largest absolute Gasteiger partial charge is 0.378 e. The van der Waals surface area contributed by atoms with Crippen LogP contribution in [0.4, 0.5) is 5.69 Å². The highest BCUT2D eigenvalue weighted by Gasteiger charge is 2.42. The third kappa shape index (κ3) is 4.99. The Kier molecular flexibility index (Phi) is 6.35. The van der Waals surface area contributed by atoms with Gasteiger partial charge in [0.2, 0.25) is 0 Å². The molecule has 3 heterocycles. The molecule has 2 fully saturated rings. The van der Waals surface area contributed by atoms with Gasteiger partial charge >= 0.3 is 0 Å². The fourth-order valence-electron chi connectivity index (χ4n) is 4.48. The van der Waals surface area contributed by atoms with Crippen molar-refractivity contribution in [1.29, 1.82) is 0 Å². The van der Waals surface area contributed by atoms with Crippen molar-refractivity contribution in [2.45, 2.75) is 43.9 Å².